The molecule has 1 aliphatic rings. The van der Waals surface area contributed by atoms with Crippen molar-refractivity contribution >= 4 is 29.2 Å². The van der Waals surface area contributed by atoms with Crippen molar-refractivity contribution in [3.63, 3.8) is 0 Å². The molecule has 1 aromatic carbocycles. The summed E-state index contributed by atoms with van der Waals surface area (Å²) in [5.41, 5.74) is 0.887. The van der Waals surface area contributed by atoms with Gasteiger partial charge in [0.15, 0.2) is 0 Å². The first kappa shape index (κ1) is 15.6. The second-order valence-corrected chi connectivity index (χ2v) is 5.90. The molecule has 4 nitrogen and oxygen atoms in total. The van der Waals surface area contributed by atoms with Crippen LogP contribution in [0, 0.1) is 5.92 Å². The summed E-state index contributed by atoms with van der Waals surface area (Å²) >= 11 is 12.2. The monoisotopic (exact) mass is 317 g/mol. The Hall–Kier alpha value is -0.810. The maximum atomic E-state index is 11.2. The molecule has 3 unspecified atom stereocenters. The third-order valence-electron chi connectivity index (χ3n) is 3.91. The molecule has 2 rings (SSSR count). The van der Waals surface area contributed by atoms with E-state index in [1.807, 2.05) is 24.9 Å². The molecule has 0 saturated carbocycles. The van der Waals surface area contributed by atoms with E-state index in [2.05, 4.69) is 0 Å². The van der Waals surface area contributed by atoms with E-state index in [4.69, 9.17) is 27.9 Å². The molecule has 0 amide bonds. The van der Waals surface area contributed by atoms with Gasteiger partial charge in [-0.25, -0.2) is 0 Å². The third kappa shape index (κ3) is 3.09. The van der Waals surface area contributed by atoms with Gasteiger partial charge in [-0.05, 0) is 37.7 Å². The van der Waals surface area contributed by atoms with Crippen LogP contribution in [0.5, 0.6) is 0 Å². The maximum absolute atomic E-state index is 11.2. The predicted octanol–water partition coefficient (Wildman–Crippen LogP) is 3.09. The number of benzene rings is 1. The van der Waals surface area contributed by atoms with Crippen molar-refractivity contribution in [2.75, 3.05) is 20.3 Å². The molecule has 1 saturated heterocycles. The quantitative estimate of drug-likeness (QED) is 0.927. The van der Waals surface area contributed by atoms with Gasteiger partial charge in [0.2, 0.25) is 0 Å². The van der Waals surface area contributed by atoms with Gasteiger partial charge >= 0.3 is 5.97 Å². The van der Waals surface area contributed by atoms with Crippen molar-refractivity contribution in [2.45, 2.75) is 19.0 Å². The Bertz CT molecular complexity index is 509. The molecule has 1 aliphatic heterocycles. The van der Waals surface area contributed by atoms with Crippen LogP contribution in [-0.4, -0.2) is 42.3 Å². The van der Waals surface area contributed by atoms with Gasteiger partial charge in [0.25, 0.3) is 0 Å². The number of aliphatic carboxylic acids is 1. The van der Waals surface area contributed by atoms with E-state index >= 15 is 0 Å². The minimum absolute atomic E-state index is 0.0465. The fourth-order valence-corrected chi connectivity index (χ4v) is 2.98. The highest BCUT2D eigenvalue weighted by Gasteiger charge is 2.38. The molecule has 1 aromatic rings. The highest BCUT2D eigenvalue weighted by molar-refractivity contribution is 6.33. The van der Waals surface area contributed by atoms with Gasteiger partial charge in [-0.1, -0.05) is 23.2 Å². The minimum atomic E-state index is -0.830. The zero-order valence-electron chi connectivity index (χ0n) is 11.3. The molecule has 1 N–H and O–H groups in total. The number of ether oxygens (including phenoxy) is 1. The Kier molecular flexibility index (Phi) is 4.91. The number of carboxylic acids is 1. The van der Waals surface area contributed by atoms with E-state index in [1.54, 1.807) is 12.1 Å². The Labute approximate surface area is 128 Å². The number of hydrogen-bond donors (Lipinski definition) is 1. The fraction of sp³-hybridized carbons (Fsp3) is 0.500. The van der Waals surface area contributed by atoms with Crippen LogP contribution in [0.2, 0.25) is 10.0 Å². The summed E-state index contributed by atoms with van der Waals surface area (Å²) in [6.07, 6.45) is 0. The van der Waals surface area contributed by atoms with Crippen molar-refractivity contribution in [1.82, 2.24) is 4.90 Å². The average molecular weight is 318 g/mol. The summed E-state index contributed by atoms with van der Waals surface area (Å²) < 4.78 is 5.31. The van der Waals surface area contributed by atoms with E-state index in [1.165, 1.54) is 0 Å². The van der Waals surface area contributed by atoms with E-state index in [-0.39, 0.29) is 18.7 Å². The first-order chi connectivity index (χ1) is 9.41. The second kappa shape index (κ2) is 6.31. The van der Waals surface area contributed by atoms with Crippen LogP contribution in [0.3, 0.4) is 0 Å². The summed E-state index contributed by atoms with van der Waals surface area (Å²) in [5, 5.41) is 10.5. The Balaban J connectivity index is 2.21. The van der Waals surface area contributed by atoms with E-state index in [9.17, 15) is 9.90 Å². The minimum Gasteiger partial charge on any atom is -0.481 e. The molecule has 0 aromatic heterocycles. The van der Waals surface area contributed by atoms with Gasteiger partial charge < -0.3 is 9.84 Å². The summed E-state index contributed by atoms with van der Waals surface area (Å²) in [4.78, 5) is 13.2. The third-order valence-corrected chi connectivity index (χ3v) is 4.49. The molecule has 0 aliphatic carbocycles. The molecule has 110 valence electrons. The topological polar surface area (TPSA) is 49.8 Å². The highest BCUT2D eigenvalue weighted by atomic mass is 35.5. The van der Waals surface area contributed by atoms with Crippen molar-refractivity contribution < 1.29 is 14.6 Å². The summed E-state index contributed by atoms with van der Waals surface area (Å²) in [7, 11) is 1.89. The molecule has 0 bridgehead atoms. The predicted molar refractivity (Wildman–Crippen MR) is 78.4 cm³/mol. The lowest BCUT2D eigenvalue weighted by Gasteiger charge is -2.32. The lowest BCUT2D eigenvalue weighted by Crippen LogP contribution is -2.42. The van der Waals surface area contributed by atoms with Crippen LogP contribution >= 0.6 is 23.2 Å². The van der Waals surface area contributed by atoms with Crippen molar-refractivity contribution in [3.8, 4) is 0 Å². The fourth-order valence-electron chi connectivity index (χ4n) is 2.52. The SMILES string of the molecule is CC(c1cc(Cl)ccc1Cl)N(C)C1COCC1C(=O)O. The lowest BCUT2D eigenvalue weighted by atomic mass is 9.99. The molecule has 6 heteroatoms. The van der Waals surface area contributed by atoms with Crippen LogP contribution in [0.1, 0.15) is 18.5 Å². The van der Waals surface area contributed by atoms with E-state index < -0.39 is 11.9 Å². The molecule has 3 atom stereocenters. The van der Waals surface area contributed by atoms with Gasteiger partial charge in [-0.2, -0.15) is 0 Å². The van der Waals surface area contributed by atoms with Crippen molar-refractivity contribution in [1.29, 1.82) is 0 Å². The molecule has 1 heterocycles. The van der Waals surface area contributed by atoms with E-state index in [0.29, 0.717) is 16.7 Å². The number of carbonyl (C=O) groups is 1. The van der Waals surface area contributed by atoms with Gasteiger partial charge in [0.1, 0.15) is 0 Å². The van der Waals surface area contributed by atoms with Gasteiger partial charge in [-0.15, -0.1) is 0 Å². The summed E-state index contributed by atoms with van der Waals surface area (Å²) in [6.45, 7) is 2.64. The molecular weight excluding hydrogens is 301 g/mol. The number of hydrogen-bond acceptors (Lipinski definition) is 3. The summed E-state index contributed by atoms with van der Waals surface area (Å²) in [5.74, 6) is -1.34. The maximum Gasteiger partial charge on any atom is 0.310 e. The van der Waals surface area contributed by atoms with Crippen molar-refractivity contribution in [3.05, 3.63) is 33.8 Å². The largest absolute Gasteiger partial charge is 0.481 e. The van der Waals surface area contributed by atoms with Crippen LogP contribution in [0.15, 0.2) is 18.2 Å². The van der Waals surface area contributed by atoms with Crippen molar-refractivity contribution in [2.24, 2.45) is 5.92 Å². The normalized spacial score (nSPS) is 24.1. The van der Waals surface area contributed by atoms with Crippen LogP contribution in [0.25, 0.3) is 0 Å². The first-order valence-corrected chi connectivity index (χ1v) is 7.15. The molecule has 0 radical (unpaired) electrons. The Morgan fingerprint density at radius 3 is 2.80 bits per heavy atom. The van der Waals surface area contributed by atoms with Gasteiger partial charge in [0, 0.05) is 22.1 Å². The molecular formula is C14H17Cl2NO3. The zero-order chi connectivity index (χ0) is 14.9. The lowest BCUT2D eigenvalue weighted by molar-refractivity contribution is -0.143. The molecule has 1 fully saturated rings. The number of likely N-dealkylation sites (N-methyl/N-ethyl adjacent to an activating group) is 1. The van der Waals surface area contributed by atoms with Gasteiger partial charge in [-0.3, -0.25) is 9.69 Å². The summed E-state index contributed by atoms with van der Waals surface area (Å²) in [6, 6.07) is 5.09. The average Bonchev–Trinajstić information content (AvgIpc) is 2.89. The van der Waals surface area contributed by atoms with Gasteiger partial charge in [0.05, 0.1) is 19.1 Å². The second-order valence-electron chi connectivity index (χ2n) is 5.06. The Morgan fingerprint density at radius 1 is 1.45 bits per heavy atom. The zero-order valence-corrected chi connectivity index (χ0v) is 12.9. The molecule has 0 spiro atoms. The Morgan fingerprint density at radius 2 is 2.15 bits per heavy atom. The highest BCUT2D eigenvalue weighted by Crippen LogP contribution is 2.32. The first-order valence-electron chi connectivity index (χ1n) is 6.39. The smallest absolute Gasteiger partial charge is 0.310 e. The number of carboxylic acid groups (broad SMARTS) is 1. The number of rotatable bonds is 4. The molecule has 20 heavy (non-hydrogen) atoms. The van der Waals surface area contributed by atoms with Crippen LogP contribution < -0.4 is 0 Å². The van der Waals surface area contributed by atoms with E-state index in [0.717, 1.165) is 5.56 Å². The van der Waals surface area contributed by atoms with Crippen LogP contribution in [0.4, 0.5) is 0 Å². The van der Waals surface area contributed by atoms with Crippen LogP contribution in [-0.2, 0) is 9.53 Å². The standard InChI is InChI=1S/C14H17Cl2NO3/c1-8(10-5-9(15)3-4-12(10)16)17(2)13-7-20-6-11(13)14(18)19/h3-5,8,11,13H,6-7H2,1-2H3,(H,18,19). The number of halogens is 2. The number of nitrogens with zero attached hydrogens (tertiary/aromatic N) is 1.